The fourth-order valence-corrected chi connectivity index (χ4v) is 1.90. The minimum atomic E-state index is -0.283. The molecule has 1 aromatic carbocycles. The average Bonchev–Trinajstić information content (AvgIpc) is 2.38. The third-order valence-electron chi connectivity index (χ3n) is 3.15. The Morgan fingerprint density at radius 1 is 1.33 bits per heavy atom. The SMILES string of the molecule is CCC(C)CN(C)Cc1ccc(C(=O)OC)cc1. The minimum absolute atomic E-state index is 0.283. The van der Waals surface area contributed by atoms with Crippen molar-refractivity contribution in [1.29, 1.82) is 0 Å². The van der Waals surface area contributed by atoms with Crippen molar-refractivity contribution < 1.29 is 9.53 Å². The van der Waals surface area contributed by atoms with Gasteiger partial charge in [-0.3, -0.25) is 0 Å². The van der Waals surface area contributed by atoms with E-state index in [1.165, 1.54) is 19.1 Å². The first-order valence-electron chi connectivity index (χ1n) is 6.42. The molecule has 0 spiro atoms. The van der Waals surface area contributed by atoms with E-state index in [9.17, 15) is 4.79 Å². The number of esters is 1. The van der Waals surface area contributed by atoms with Crippen molar-refractivity contribution in [3.8, 4) is 0 Å². The highest BCUT2D eigenvalue weighted by molar-refractivity contribution is 5.89. The van der Waals surface area contributed by atoms with E-state index in [0.717, 1.165) is 13.1 Å². The van der Waals surface area contributed by atoms with Crippen LogP contribution in [0.1, 0.15) is 36.2 Å². The average molecular weight is 249 g/mol. The van der Waals surface area contributed by atoms with E-state index in [2.05, 4.69) is 30.5 Å². The number of hydrogen-bond donors (Lipinski definition) is 0. The Bertz CT molecular complexity index is 373. The van der Waals surface area contributed by atoms with Crippen LogP contribution in [-0.2, 0) is 11.3 Å². The van der Waals surface area contributed by atoms with Gasteiger partial charge in [-0.1, -0.05) is 32.4 Å². The summed E-state index contributed by atoms with van der Waals surface area (Å²) in [5, 5.41) is 0. The zero-order chi connectivity index (χ0) is 13.5. The number of hydrogen-bond acceptors (Lipinski definition) is 3. The van der Waals surface area contributed by atoms with Gasteiger partial charge >= 0.3 is 5.97 Å². The molecule has 1 rings (SSSR count). The van der Waals surface area contributed by atoms with Gasteiger partial charge < -0.3 is 9.64 Å². The van der Waals surface area contributed by atoms with Gasteiger partial charge in [0.1, 0.15) is 0 Å². The molecule has 100 valence electrons. The van der Waals surface area contributed by atoms with Gasteiger partial charge in [-0.05, 0) is 30.7 Å². The molecule has 0 aliphatic rings. The summed E-state index contributed by atoms with van der Waals surface area (Å²) < 4.78 is 4.68. The predicted octanol–water partition coefficient (Wildman–Crippen LogP) is 2.95. The Balaban J connectivity index is 2.55. The first kappa shape index (κ1) is 14.7. The number of methoxy groups -OCH3 is 1. The third kappa shape index (κ3) is 4.49. The molecule has 0 bridgehead atoms. The lowest BCUT2D eigenvalue weighted by molar-refractivity contribution is 0.0600. The molecule has 0 aliphatic heterocycles. The zero-order valence-corrected chi connectivity index (χ0v) is 11.8. The Morgan fingerprint density at radius 3 is 2.44 bits per heavy atom. The smallest absolute Gasteiger partial charge is 0.337 e. The zero-order valence-electron chi connectivity index (χ0n) is 11.8. The summed E-state index contributed by atoms with van der Waals surface area (Å²) in [6.07, 6.45) is 1.20. The van der Waals surface area contributed by atoms with Gasteiger partial charge in [-0.15, -0.1) is 0 Å². The highest BCUT2D eigenvalue weighted by Crippen LogP contribution is 2.10. The lowest BCUT2D eigenvalue weighted by Gasteiger charge is -2.20. The minimum Gasteiger partial charge on any atom is -0.465 e. The van der Waals surface area contributed by atoms with Gasteiger partial charge in [-0.2, -0.15) is 0 Å². The number of benzene rings is 1. The lowest BCUT2D eigenvalue weighted by Crippen LogP contribution is -2.23. The molecule has 18 heavy (non-hydrogen) atoms. The molecule has 0 radical (unpaired) electrons. The molecule has 1 atom stereocenters. The van der Waals surface area contributed by atoms with Crippen LogP contribution < -0.4 is 0 Å². The van der Waals surface area contributed by atoms with Gasteiger partial charge in [0.05, 0.1) is 12.7 Å². The van der Waals surface area contributed by atoms with Crippen LogP contribution in [0.3, 0.4) is 0 Å². The molecule has 0 aliphatic carbocycles. The lowest BCUT2D eigenvalue weighted by atomic mass is 10.1. The summed E-state index contributed by atoms with van der Waals surface area (Å²) in [5.74, 6) is 0.429. The van der Waals surface area contributed by atoms with E-state index >= 15 is 0 Å². The summed E-state index contributed by atoms with van der Waals surface area (Å²) >= 11 is 0. The Morgan fingerprint density at radius 2 is 1.94 bits per heavy atom. The Kier molecular flexibility index (Phi) is 5.86. The van der Waals surface area contributed by atoms with Gasteiger partial charge in [0.25, 0.3) is 0 Å². The van der Waals surface area contributed by atoms with Crippen LogP contribution in [0.5, 0.6) is 0 Å². The molecule has 0 aromatic heterocycles. The second-order valence-electron chi connectivity index (χ2n) is 4.90. The van der Waals surface area contributed by atoms with Gasteiger partial charge in [0.15, 0.2) is 0 Å². The van der Waals surface area contributed by atoms with E-state index in [1.807, 2.05) is 24.3 Å². The maximum absolute atomic E-state index is 11.3. The summed E-state index contributed by atoms with van der Waals surface area (Å²) in [6, 6.07) is 7.61. The third-order valence-corrected chi connectivity index (χ3v) is 3.15. The van der Waals surface area contributed by atoms with Crippen LogP contribution in [-0.4, -0.2) is 31.6 Å². The number of nitrogens with zero attached hydrogens (tertiary/aromatic N) is 1. The van der Waals surface area contributed by atoms with Crippen LogP contribution in [0, 0.1) is 5.92 Å². The highest BCUT2D eigenvalue weighted by atomic mass is 16.5. The largest absolute Gasteiger partial charge is 0.465 e. The van der Waals surface area contributed by atoms with Crippen molar-refractivity contribution in [2.75, 3.05) is 20.7 Å². The van der Waals surface area contributed by atoms with Crippen LogP contribution in [0.2, 0.25) is 0 Å². The van der Waals surface area contributed by atoms with E-state index in [4.69, 9.17) is 0 Å². The van der Waals surface area contributed by atoms with Crippen molar-refractivity contribution in [3.05, 3.63) is 35.4 Å². The van der Waals surface area contributed by atoms with Gasteiger partial charge in [0.2, 0.25) is 0 Å². The molecule has 0 saturated heterocycles. The summed E-state index contributed by atoms with van der Waals surface area (Å²) in [7, 11) is 3.52. The van der Waals surface area contributed by atoms with Crippen molar-refractivity contribution in [1.82, 2.24) is 4.90 Å². The fraction of sp³-hybridized carbons (Fsp3) is 0.533. The Hall–Kier alpha value is -1.35. The number of carbonyl (C=O) groups is 1. The van der Waals surface area contributed by atoms with Crippen LogP contribution in [0.25, 0.3) is 0 Å². The van der Waals surface area contributed by atoms with E-state index < -0.39 is 0 Å². The molecule has 0 fully saturated rings. The molecular formula is C15H23NO2. The van der Waals surface area contributed by atoms with Crippen molar-refractivity contribution >= 4 is 5.97 Å². The van der Waals surface area contributed by atoms with Crippen molar-refractivity contribution in [3.63, 3.8) is 0 Å². The van der Waals surface area contributed by atoms with Gasteiger partial charge in [0, 0.05) is 13.1 Å². The van der Waals surface area contributed by atoms with Crippen LogP contribution in [0.4, 0.5) is 0 Å². The molecule has 0 amide bonds. The second kappa shape index (κ2) is 7.17. The molecule has 0 saturated carbocycles. The maximum atomic E-state index is 11.3. The van der Waals surface area contributed by atoms with Gasteiger partial charge in [-0.25, -0.2) is 4.79 Å². The molecule has 3 nitrogen and oxygen atoms in total. The van der Waals surface area contributed by atoms with E-state index in [1.54, 1.807) is 0 Å². The molecule has 1 unspecified atom stereocenters. The molecule has 1 aromatic rings. The summed E-state index contributed by atoms with van der Waals surface area (Å²) in [4.78, 5) is 13.6. The first-order chi connectivity index (χ1) is 8.56. The molecular weight excluding hydrogens is 226 g/mol. The Labute approximate surface area is 110 Å². The van der Waals surface area contributed by atoms with E-state index in [-0.39, 0.29) is 5.97 Å². The number of carbonyl (C=O) groups excluding carboxylic acids is 1. The van der Waals surface area contributed by atoms with Crippen LogP contribution >= 0.6 is 0 Å². The first-order valence-corrected chi connectivity index (χ1v) is 6.42. The maximum Gasteiger partial charge on any atom is 0.337 e. The van der Waals surface area contributed by atoms with E-state index in [0.29, 0.717) is 11.5 Å². The summed E-state index contributed by atoms with van der Waals surface area (Å²) in [6.45, 7) is 6.47. The quantitative estimate of drug-likeness (QED) is 0.726. The van der Waals surface area contributed by atoms with Crippen molar-refractivity contribution in [2.24, 2.45) is 5.92 Å². The molecule has 0 N–H and O–H groups in total. The molecule has 0 heterocycles. The van der Waals surface area contributed by atoms with Crippen LogP contribution in [0.15, 0.2) is 24.3 Å². The summed E-state index contributed by atoms with van der Waals surface area (Å²) in [5.41, 5.74) is 1.82. The normalized spacial score (nSPS) is 12.5. The predicted molar refractivity (Wildman–Crippen MR) is 73.6 cm³/mol. The highest BCUT2D eigenvalue weighted by Gasteiger charge is 2.07. The topological polar surface area (TPSA) is 29.5 Å². The fourth-order valence-electron chi connectivity index (χ4n) is 1.90. The molecule has 3 heteroatoms. The number of rotatable bonds is 6. The second-order valence-corrected chi connectivity index (χ2v) is 4.90. The number of ether oxygens (including phenoxy) is 1. The van der Waals surface area contributed by atoms with Crippen molar-refractivity contribution in [2.45, 2.75) is 26.8 Å². The standard InChI is InChI=1S/C15H23NO2/c1-5-12(2)10-16(3)11-13-6-8-14(9-7-13)15(17)18-4/h6-9,12H,5,10-11H2,1-4H3. The monoisotopic (exact) mass is 249 g/mol.